The molecule has 0 aromatic heterocycles. The fourth-order valence-electron chi connectivity index (χ4n) is 4.51. The second kappa shape index (κ2) is 8.33. The van der Waals surface area contributed by atoms with Crippen molar-refractivity contribution in [1.29, 1.82) is 0 Å². The third kappa shape index (κ3) is 5.08. The van der Waals surface area contributed by atoms with Gasteiger partial charge < -0.3 is 5.32 Å². The standard InChI is InChI=1S/C22H35N/c1-3-19(22-20-15-21(20)22)14-17(2)10-6-5-9-13-23-16-18-11-7-4-8-12-18/h4,7-8,11-12,17,19-23H,3,5-6,9-10,13-16H2,1-2H3. The molecule has 0 saturated heterocycles. The highest BCUT2D eigenvalue weighted by Crippen LogP contribution is 2.72. The summed E-state index contributed by atoms with van der Waals surface area (Å²) in [6.45, 7) is 7.07. The van der Waals surface area contributed by atoms with Gasteiger partial charge in [-0.15, -0.1) is 0 Å². The average molecular weight is 314 g/mol. The van der Waals surface area contributed by atoms with Crippen LogP contribution in [0.3, 0.4) is 0 Å². The van der Waals surface area contributed by atoms with E-state index in [1.165, 1.54) is 55.9 Å². The zero-order valence-electron chi connectivity index (χ0n) is 15.1. The maximum absolute atomic E-state index is 3.56. The molecule has 1 aromatic rings. The van der Waals surface area contributed by atoms with Gasteiger partial charge in [0.2, 0.25) is 0 Å². The van der Waals surface area contributed by atoms with Gasteiger partial charge in [0.05, 0.1) is 0 Å². The van der Waals surface area contributed by atoms with E-state index in [1.807, 2.05) is 0 Å². The summed E-state index contributed by atoms with van der Waals surface area (Å²) >= 11 is 0. The summed E-state index contributed by atoms with van der Waals surface area (Å²) in [5.74, 6) is 5.52. The third-order valence-corrected chi connectivity index (χ3v) is 6.24. The van der Waals surface area contributed by atoms with E-state index in [1.54, 1.807) is 6.42 Å². The molecule has 0 spiro atoms. The Kier molecular flexibility index (Phi) is 6.16. The van der Waals surface area contributed by atoms with Crippen LogP contribution in [-0.2, 0) is 6.54 Å². The number of rotatable bonds is 12. The van der Waals surface area contributed by atoms with Gasteiger partial charge in [-0.05, 0) is 61.0 Å². The van der Waals surface area contributed by atoms with Crippen LogP contribution in [0.5, 0.6) is 0 Å². The molecule has 1 nitrogen and oxygen atoms in total. The van der Waals surface area contributed by atoms with Crippen molar-refractivity contribution in [3.8, 4) is 0 Å². The summed E-state index contributed by atoms with van der Waals surface area (Å²) in [5, 5.41) is 3.56. The van der Waals surface area contributed by atoms with Gasteiger partial charge in [0.15, 0.2) is 0 Å². The third-order valence-electron chi connectivity index (χ3n) is 6.24. The summed E-state index contributed by atoms with van der Waals surface area (Å²) in [5.41, 5.74) is 1.39. The van der Waals surface area contributed by atoms with Crippen LogP contribution in [0.2, 0.25) is 0 Å². The van der Waals surface area contributed by atoms with Crippen molar-refractivity contribution >= 4 is 0 Å². The Bertz CT molecular complexity index is 446. The van der Waals surface area contributed by atoms with Crippen LogP contribution in [0.25, 0.3) is 0 Å². The van der Waals surface area contributed by atoms with Gasteiger partial charge in [-0.1, -0.05) is 69.9 Å². The Labute approximate surface area is 143 Å². The lowest BCUT2D eigenvalue weighted by atomic mass is 9.84. The summed E-state index contributed by atoms with van der Waals surface area (Å²) in [6, 6.07) is 10.7. The van der Waals surface area contributed by atoms with Gasteiger partial charge in [0.1, 0.15) is 0 Å². The largest absolute Gasteiger partial charge is 0.313 e. The first-order valence-electron chi connectivity index (χ1n) is 10.0. The Morgan fingerprint density at radius 1 is 1.09 bits per heavy atom. The molecule has 1 heteroatoms. The fraction of sp³-hybridized carbons (Fsp3) is 0.727. The molecule has 1 aromatic carbocycles. The predicted octanol–water partition coefficient (Wildman–Crippen LogP) is 5.65. The van der Waals surface area contributed by atoms with Crippen LogP contribution >= 0.6 is 0 Å². The molecule has 23 heavy (non-hydrogen) atoms. The highest BCUT2D eigenvalue weighted by Gasteiger charge is 2.65. The van der Waals surface area contributed by atoms with E-state index in [4.69, 9.17) is 0 Å². The van der Waals surface area contributed by atoms with Gasteiger partial charge in [0.25, 0.3) is 0 Å². The topological polar surface area (TPSA) is 12.0 Å². The Morgan fingerprint density at radius 3 is 2.52 bits per heavy atom. The minimum Gasteiger partial charge on any atom is -0.313 e. The second-order valence-electron chi connectivity index (χ2n) is 8.16. The smallest absolute Gasteiger partial charge is 0.0205 e. The number of nitrogens with one attached hydrogen (secondary N) is 1. The quantitative estimate of drug-likeness (QED) is 0.491. The normalized spacial score (nSPS) is 27.3. The van der Waals surface area contributed by atoms with Crippen LogP contribution in [0.1, 0.15) is 64.4 Å². The number of hydrogen-bond donors (Lipinski definition) is 1. The van der Waals surface area contributed by atoms with E-state index >= 15 is 0 Å². The SMILES string of the molecule is CCC(CC(C)CCCCCNCc1ccccc1)C1C2CC21. The molecular formula is C22H35N. The van der Waals surface area contributed by atoms with Crippen molar-refractivity contribution in [2.24, 2.45) is 29.6 Å². The molecule has 2 aliphatic rings. The maximum atomic E-state index is 3.56. The Morgan fingerprint density at radius 2 is 1.87 bits per heavy atom. The van der Waals surface area contributed by atoms with Gasteiger partial charge >= 0.3 is 0 Å². The molecule has 0 heterocycles. The first kappa shape index (κ1) is 17.0. The van der Waals surface area contributed by atoms with Crippen molar-refractivity contribution in [2.75, 3.05) is 6.54 Å². The van der Waals surface area contributed by atoms with Gasteiger partial charge in [-0.2, -0.15) is 0 Å². The molecule has 0 radical (unpaired) electrons. The number of benzene rings is 1. The zero-order valence-corrected chi connectivity index (χ0v) is 15.1. The first-order valence-corrected chi connectivity index (χ1v) is 10.0. The average Bonchev–Trinajstić information content (AvgIpc) is 3.46. The molecule has 1 N–H and O–H groups in total. The molecule has 3 rings (SSSR count). The van der Waals surface area contributed by atoms with E-state index in [-0.39, 0.29) is 0 Å². The summed E-state index contributed by atoms with van der Waals surface area (Å²) < 4.78 is 0. The molecule has 0 aliphatic heterocycles. The highest BCUT2D eigenvalue weighted by atomic mass is 14.8. The van der Waals surface area contributed by atoms with Crippen molar-refractivity contribution in [3.63, 3.8) is 0 Å². The zero-order chi connectivity index (χ0) is 16.1. The van der Waals surface area contributed by atoms with E-state index in [0.717, 1.165) is 30.8 Å². The lowest BCUT2D eigenvalue weighted by Gasteiger charge is -2.22. The minimum atomic E-state index is 0.942. The van der Waals surface area contributed by atoms with Crippen LogP contribution in [0, 0.1) is 29.6 Å². The number of fused-ring (bicyclic) bond motifs is 1. The number of hydrogen-bond acceptors (Lipinski definition) is 1. The molecule has 4 atom stereocenters. The van der Waals surface area contributed by atoms with E-state index in [0.29, 0.717) is 0 Å². The lowest BCUT2D eigenvalue weighted by Crippen LogP contribution is -2.14. The van der Waals surface area contributed by atoms with Gasteiger partial charge in [-0.25, -0.2) is 0 Å². The summed E-state index contributed by atoms with van der Waals surface area (Å²) in [6.07, 6.45) is 10.1. The molecule has 0 amide bonds. The van der Waals surface area contributed by atoms with E-state index in [9.17, 15) is 0 Å². The van der Waals surface area contributed by atoms with Crippen molar-refractivity contribution in [3.05, 3.63) is 35.9 Å². The van der Waals surface area contributed by atoms with Crippen LogP contribution in [0.15, 0.2) is 30.3 Å². The molecule has 2 aliphatic carbocycles. The Hall–Kier alpha value is -0.820. The van der Waals surface area contributed by atoms with E-state index in [2.05, 4.69) is 49.5 Å². The number of unbranched alkanes of at least 4 members (excludes halogenated alkanes) is 2. The predicted molar refractivity (Wildman–Crippen MR) is 99.3 cm³/mol. The van der Waals surface area contributed by atoms with Gasteiger partial charge in [0, 0.05) is 6.54 Å². The maximum Gasteiger partial charge on any atom is 0.0205 e. The van der Waals surface area contributed by atoms with Crippen molar-refractivity contribution < 1.29 is 0 Å². The van der Waals surface area contributed by atoms with Crippen LogP contribution in [0.4, 0.5) is 0 Å². The molecular weight excluding hydrogens is 278 g/mol. The highest BCUT2D eigenvalue weighted by molar-refractivity contribution is 5.14. The fourth-order valence-corrected chi connectivity index (χ4v) is 4.51. The second-order valence-corrected chi connectivity index (χ2v) is 8.16. The summed E-state index contributed by atoms with van der Waals surface area (Å²) in [7, 11) is 0. The van der Waals surface area contributed by atoms with Crippen molar-refractivity contribution in [2.45, 2.75) is 65.3 Å². The molecule has 0 bridgehead atoms. The van der Waals surface area contributed by atoms with E-state index < -0.39 is 0 Å². The molecule has 4 unspecified atom stereocenters. The van der Waals surface area contributed by atoms with Crippen molar-refractivity contribution in [1.82, 2.24) is 5.32 Å². The minimum absolute atomic E-state index is 0.942. The Balaban J connectivity index is 1.17. The van der Waals surface area contributed by atoms with Crippen LogP contribution in [-0.4, -0.2) is 6.54 Å². The van der Waals surface area contributed by atoms with Gasteiger partial charge in [-0.3, -0.25) is 0 Å². The molecule has 128 valence electrons. The van der Waals surface area contributed by atoms with Crippen LogP contribution < -0.4 is 5.32 Å². The molecule has 2 fully saturated rings. The molecule has 2 saturated carbocycles. The summed E-state index contributed by atoms with van der Waals surface area (Å²) in [4.78, 5) is 0. The lowest BCUT2D eigenvalue weighted by molar-refractivity contribution is 0.288. The monoisotopic (exact) mass is 313 g/mol. The first-order chi connectivity index (χ1) is 11.3.